The number of aromatic carboxylic acids is 1. The monoisotopic (exact) mass is 347 g/mol. The number of methoxy groups -OCH3 is 2. The molecule has 0 spiro atoms. The van der Waals surface area contributed by atoms with Crippen molar-refractivity contribution in [3.63, 3.8) is 0 Å². The van der Waals surface area contributed by atoms with Gasteiger partial charge in [-0.1, -0.05) is 24.3 Å². The van der Waals surface area contributed by atoms with Crippen molar-refractivity contribution < 1.29 is 19.4 Å². The Morgan fingerprint density at radius 1 is 1.08 bits per heavy atom. The molecule has 0 saturated carbocycles. The molecule has 0 fully saturated rings. The number of fused-ring (bicyclic) bond motifs is 1. The minimum Gasteiger partial charge on any atom is -0.493 e. The highest BCUT2D eigenvalue weighted by molar-refractivity contribution is 6.18. The molecule has 1 heterocycles. The molecule has 5 nitrogen and oxygen atoms in total. The molecule has 24 heavy (non-hydrogen) atoms. The van der Waals surface area contributed by atoms with Gasteiger partial charge in [-0.05, 0) is 24.1 Å². The van der Waals surface area contributed by atoms with Crippen LogP contribution in [0.3, 0.4) is 0 Å². The van der Waals surface area contributed by atoms with E-state index >= 15 is 0 Å². The predicted octanol–water partition coefficient (Wildman–Crippen LogP) is 3.22. The summed E-state index contributed by atoms with van der Waals surface area (Å²) in [4.78, 5) is 16.3. The van der Waals surface area contributed by atoms with E-state index in [0.29, 0.717) is 29.3 Å². The topological polar surface area (TPSA) is 68.1 Å². The Labute approximate surface area is 146 Å². The summed E-state index contributed by atoms with van der Waals surface area (Å²) in [5, 5.41) is 9.58. The van der Waals surface area contributed by atoms with Crippen LogP contribution in [-0.4, -0.2) is 37.6 Å². The van der Waals surface area contributed by atoms with Gasteiger partial charge in [0.15, 0.2) is 11.5 Å². The van der Waals surface area contributed by atoms with E-state index in [1.54, 1.807) is 6.07 Å². The first-order valence-corrected chi connectivity index (χ1v) is 7.28. The molecule has 0 atom stereocenters. The highest BCUT2D eigenvalue weighted by Crippen LogP contribution is 2.33. The molecule has 126 valence electrons. The van der Waals surface area contributed by atoms with Crippen molar-refractivity contribution >= 4 is 24.1 Å². The van der Waals surface area contributed by atoms with Crippen LogP contribution in [0.2, 0.25) is 0 Å². The zero-order chi connectivity index (χ0) is 16.4. The minimum atomic E-state index is -1.02. The molecule has 0 radical (unpaired) electrons. The average molecular weight is 348 g/mol. The number of halogens is 1. The summed E-state index contributed by atoms with van der Waals surface area (Å²) in [6.07, 6.45) is 0.857. The first-order valence-electron chi connectivity index (χ1n) is 7.28. The lowest BCUT2D eigenvalue weighted by atomic mass is 9.90. The molecule has 0 unspecified atom stereocenters. The normalized spacial score (nSPS) is 12.5. The first-order chi connectivity index (χ1) is 11.2. The van der Waals surface area contributed by atoms with Crippen molar-refractivity contribution in [3.8, 4) is 11.5 Å². The summed E-state index contributed by atoms with van der Waals surface area (Å²) in [5.74, 6) is -0.150. The fraction of sp³-hybridized carbons (Fsp3) is 0.222. The number of hydrogen-bond donors (Lipinski definition) is 1. The summed E-state index contributed by atoms with van der Waals surface area (Å²) >= 11 is 0. The van der Waals surface area contributed by atoms with E-state index in [1.807, 2.05) is 24.3 Å². The van der Waals surface area contributed by atoms with Crippen LogP contribution in [0.25, 0.3) is 0 Å². The van der Waals surface area contributed by atoms with Crippen molar-refractivity contribution in [3.05, 3.63) is 58.7 Å². The van der Waals surface area contributed by atoms with Crippen molar-refractivity contribution in [1.29, 1.82) is 0 Å². The van der Waals surface area contributed by atoms with Gasteiger partial charge in [0, 0.05) is 17.7 Å². The van der Waals surface area contributed by atoms with E-state index in [2.05, 4.69) is 4.99 Å². The summed E-state index contributed by atoms with van der Waals surface area (Å²) in [5.41, 5.74) is 3.52. The van der Waals surface area contributed by atoms with Gasteiger partial charge in [0.1, 0.15) is 0 Å². The average Bonchev–Trinajstić information content (AvgIpc) is 2.59. The second kappa shape index (κ2) is 7.36. The molecule has 1 N–H and O–H groups in total. The summed E-state index contributed by atoms with van der Waals surface area (Å²) in [7, 11) is 3.01. The Hall–Kier alpha value is -2.53. The SMILES string of the molecule is COc1cc(C(=O)O)c(C2=NCCc3ccccc32)cc1OC.Cl. The number of nitrogens with zero attached hydrogens (tertiary/aromatic N) is 1. The van der Waals surface area contributed by atoms with Gasteiger partial charge in [-0.3, -0.25) is 4.99 Å². The van der Waals surface area contributed by atoms with Gasteiger partial charge in [0.05, 0.1) is 25.5 Å². The minimum absolute atomic E-state index is 0. The molecular weight excluding hydrogens is 330 g/mol. The van der Waals surface area contributed by atoms with Gasteiger partial charge >= 0.3 is 5.97 Å². The molecule has 1 aliphatic heterocycles. The third kappa shape index (κ3) is 3.08. The maximum Gasteiger partial charge on any atom is 0.336 e. The van der Waals surface area contributed by atoms with Gasteiger partial charge in [0.25, 0.3) is 0 Å². The van der Waals surface area contributed by atoms with E-state index in [0.717, 1.165) is 12.0 Å². The summed E-state index contributed by atoms with van der Waals surface area (Å²) in [6, 6.07) is 11.1. The number of hydrogen-bond acceptors (Lipinski definition) is 4. The quantitative estimate of drug-likeness (QED) is 0.922. The number of benzene rings is 2. The van der Waals surface area contributed by atoms with E-state index in [-0.39, 0.29) is 18.0 Å². The molecule has 0 amide bonds. The van der Waals surface area contributed by atoms with Gasteiger partial charge in [-0.2, -0.15) is 0 Å². The number of rotatable bonds is 4. The van der Waals surface area contributed by atoms with Gasteiger partial charge in [0.2, 0.25) is 0 Å². The van der Waals surface area contributed by atoms with E-state index < -0.39 is 5.97 Å². The molecule has 0 aromatic heterocycles. The lowest BCUT2D eigenvalue weighted by molar-refractivity contribution is 0.0696. The first kappa shape index (κ1) is 17.8. The Morgan fingerprint density at radius 2 is 1.75 bits per heavy atom. The Balaban J connectivity index is 0.00000208. The Bertz CT molecular complexity index is 802. The Kier molecular flexibility index (Phi) is 5.46. The van der Waals surface area contributed by atoms with Gasteiger partial charge in [-0.15, -0.1) is 12.4 Å². The van der Waals surface area contributed by atoms with Crippen LogP contribution in [0.5, 0.6) is 11.5 Å². The molecule has 3 rings (SSSR count). The van der Waals surface area contributed by atoms with Crippen LogP contribution in [0, 0.1) is 0 Å². The number of aliphatic imine (C=N–C) groups is 1. The number of carboxylic acid groups (broad SMARTS) is 1. The predicted molar refractivity (Wildman–Crippen MR) is 94.4 cm³/mol. The number of carboxylic acids is 1. The van der Waals surface area contributed by atoms with Crippen LogP contribution in [0.1, 0.15) is 27.0 Å². The van der Waals surface area contributed by atoms with Crippen LogP contribution < -0.4 is 9.47 Å². The van der Waals surface area contributed by atoms with E-state index in [4.69, 9.17) is 9.47 Å². The second-order valence-corrected chi connectivity index (χ2v) is 5.20. The fourth-order valence-corrected chi connectivity index (χ4v) is 2.82. The van der Waals surface area contributed by atoms with Crippen molar-refractivity contribution in [2.45, 2.75) is 6.42 Å². The van der Waals surface area contributed by atoms with Crippen LogP contribution >= 0.6 is 12.4 Å². The Morgan fingerprint density at radius 3 is 2.42 bits per heavy atom. The largest absolute Gasteiger partial charge is 0.493 e. The molecule has 0 saturated heterocycles. The summed E-state index contributed by atoms with van der Waals surface area (Å²) < 4.78 is 10.5. The maximum absolute atomic E-state index is 11.7. The lowest BCUT2D eigenvalue weighted by Gasteiger charge is -2.19. The second-order valence-electron chi connectivity index (χ2n) is 5.20. The van der Waals surface area contributed by atoms with Crippen LogP contribution in [-0.2, 0) is 6.42 Å². The third-order valence-electron chi connectivity index (χ3n) is 3.93. The lowest BCUT2D eigenvalue weighted by Crippen LogP contribution is -2.17. The number of ether oxygens (including phenoxy) is 2. The highest BCUT2D eigenvalue weighted by Gasteiger charge is 2.23. The molecule has 2 aromatic carbocycles. The zero-order valence-corrected chi connectivity index (χ0v) is 14.2. The van der Waals surface area contributed by atoms with Crippen LogP contribution in [0.4, 0.5) is 0 Å². The summed E-state index contributed by atoms with van der Waals surface area (Å²) in [6.45, 7) is 0.639. The molecule has 6 heteroatoms. The molecule has 0 bridgehead atoms. The van der Waals surface area contributed by atoms with E-state index in [9.17, 15) is 9.90 Å². The molecule has 0 aliphatic carbocycles. The van der Waals surface area contributed by atoms with Crippen LogP contribution in [0.15, 0.2) is 41.4 Å². The standard InChI is InChI=1S/C18H17NO4.ClH/c1-22-15-9-13(14(18(20)21)10-16(15)23-2)17-12-6-4-3-5-11(12)7-8-19-17;/h3-6,9-10H,7-8H2,1-2H3,(H,20,21);1H. The fourth-order valence-electron chi connectivity index (χ4n) is 2.82. The third-order valence-corrected chi connectivity index (χ3v) is 3.93. The number of carbonyl (C=O) groups is 1. The maximum atomic E-state index is 11.7. The smallest absolute Gasteiger partial charge is 0.336 e. The van der Waals surface area contributed by atoms with Crippen molar-refractivity contribution in [2.24, 2.45) is 4.99 Å². The van der Waals surface area contributed by atoms with Gasteiger partial charge in [-0.25, -0.2) is 4.79 Å². The highest BCUT2D eigenvalue weighted by atomic mass is 35.5. The molecule has 1 aliphatic rings. The van der Waals surface area contributed by atoms with Crippen molar-refractivity contribution in [1.82, 2.24) is 0 Å². The van der Waals surface area contributed by atoms with Crippen molar-refractivity contribution in [2.75, 3.05) is 20.8 Å². The molecular formula is C18H18ClNO4. The zero-order valence-electron chi connectivity index (χ0n) is 13.4. The van der Waals surface area contributed by atoms with Gasteiger partial charge < -0.3 is 14.6 Å². The van der Waals surface area contributed by atoms with E-state index in [1.165, 1.54) is 25.8 Å². The molecule has 2 aromatic rings.